The fourth-order valence-electron chi connectivity index (χ4n) is 2.83. The standard InChI is InChI=1S/C15H10NO2.3CH3.Sn/c1-16-15(18)9-6-7-12-13(8-9)10-4-2-3-5-11(10)14(12)17;;;;/h3-8H,1H3,(H,16,18);3*1H3;. The molecule has 0 radical (unpaired) electrons. The summed E-state index contributed by atoms with van der Waals surface area (Å²) in [7, 11) is 1.61. The first kappa shape index (κ1) is 15.3. The Hall–Kier alpha value is -1.62. The summed E-state index contributed by atoms with van der Waals surface area (Å²) in [5, 5.41) is 2.63. The molecule has 1 amide bonds. The van der Waals surface area contributed by atoms with Crippen LogP contribution >= 0.6 is 0 Å². The van der Waals surface area contributed by atoms with Crippen LogP contribution in [0.2, 0.25) is 14.8 Å². The van der Waals surface area contributed by atoms with Crippen molar-refractivity contribution >= 4 is 33.6 Å². The number of amides is 1. The second-order valence-electron chi connectivity index (χ2n) is 6.68. The molecule has 0 bridgehead atoms. The van der Waals surface area contributed by atoms with Crippen LogP contribution in [-0.2, 0) is 0 Å². The topological polar surface area (TPSA) is 46.2 Å². The number of hydrogen-bond donors (Lipinski definition) is 1. The quantitative estimate of drug-likeness (QED) is 0.673. The maximum absolute atomic E-state index is 12.5. The third kappa shape index (κ3) is 2.37. The Morgan fingerprint density at radius 2 is 1.50 bits per heavy atom. The van der Waals surface area contributed by atoms with Gasteiger partial charge in [-0.25, -0.2) is 0 Å². The zero-order valence-corrected chi connectivity index (χ0v) is 16.1. The van der Waals surface area contributed by atoms with E-state index in [1.807, 2.05) is 12.1 Å². The molecule has 0 heterocycles. The summed E-state index contributed by atoms with van der Waals surface area (Å²) in [5.74, 6) is -0.0704. The third-order valence-corrected chi connectivity index (χ3v) is 10.0. The van der Waals surface area contributed by atoms with Gasteiger partial charge in [0.2, 0.25) is 0 Å². The van der Waals surface area contributed by atoms with Crippen LogP contribution in [0.5, 0.6) is 0 Å². The Morgan fingerprint density at radius 1 is 0.909 bits per heavy atom. The van der Waals surface area contributed by atoms with Crippen molar-refractivity contribution in [1.82, 2.24) is 5.32 Å². The number of benzene rings is 2. The average molecular weight is 400 g/mol. The summed E-state index contributed by atoms with van der Waals surface area (Å²) in [6, 6.07) is 11.5. The predicted molar refractivity (Wildman–Crippen MR) is 91.7 cm³/mol. The van der Waals surface area contributed by atoms with Gasteiger partial charge in [-0.1, -0.05) is 0 Å². The molecule has 0 fully saturated rings. The van der Waals surface area contributed by atoms with Crippen molar-refractivity contribution < 1.29 is 9.59 Å². The molecule has 0 aliphatic heterocycles. The summed E-state index contributed by atoms with van der Waals surface area (Å²) in [4.78, 5) is 31.4. The molecule has 112 valence electrons. The number of rotatable bonds is 2. The molecule has 3 nitrogen and oxygen atoms in total. The molecule has 1 aliphatic rings. The van der Waals surface area contributed by atoms with Crippen LogP contribution in [0.3, 0.4) is 0 Å². The molecule has 0 unspecified atom stereocenters. The average Bonchev–Trinajstić information content (AvgIpc) is 2.78. The Kier molecular flexibility index (Phi) is 3.63. The van der Waals surface area contributed by atoms with E-state index in [1.165, 1.54) is 3.58 Å². The number of ketones is 1. The molecule has 3 rings (SSSR count). The van der Waals surface area contributed by atoms with Gasteiger partial charge < -0.3 is 0 Å². The van der Waals surface area contributed by atoms with E-state index >= 15 is 0 Å². The second-order valence-corrected chi connectivity index (χ2v) is 21.2. The van der Waals surface area contributed by atoms with E-state index in [-0.39, 0.29) is 11.7 Å². The minimum absolute atomic E-state index is 0.0594. The first-order chi connectivity index (χ1) is 10.3. The Labute approximate surface area is 134 Å². The predicted octanol–water partition coefficient (Wildman–Crippen LogP) is 2.80. The summed E-state index contributed by atoms with van der Waals surface area (Å²) < 4.78 is 1.39. The van der Waals surface area contributed by atoms with Gasteiger partial charge in [0.05, 0.1) is 0 Å². The normalized spacial score (nSPS) is 12.8. The van der Waals surface area contributed by atoms with Crippen molar-refractivity contribution in [3.05, 3.63) is 53.1 Å². The SMILES string of the molecule is CNC(=O)c1ccc2c(c1)-c1c[c]([Sn]([CH3])([CH3])[CH3])ccc1C2=O. The van der Waals surface area contributed by atoms with Crippen molar-refractivity contribution in [2.45, 2.75) is 14.8 Å². The van der Waals surface area contributed by atoms with Crippen LogP contribution in [-0.4, -0.2) is 37.1 Å². The number of hydrogen-bond acceptors (Lipinski definition) is 2. The Bertz CT molecular complexity index is 803. The summed E-state index contributed by atoms with van der Waals surface area (Å²) >= 11 is -2.20. The van der Waals surface area contributed by atoms with Gasteiger partial charge in [-0.2, -0.15) is 0 Å². The molecule has 0 saturated heterocycles. The van der Waals surface area contributed by atoms with Crippen LogP contribution in [0.25, 0.3) is 11.1 Å². The molecule has 1 aliphatic carbocycles. The Balaban J connectivity index is 2.21. The molecule has 0 atom stereocenters. The second kappa shape index (κ2) is 5.23. The molecular weight excluding hydrogens is 381 g/mol. The van der Waals surface area contributed by atoms with Gasteiger partial charge in [-0.3, -0.25) is 0 Å². The number of carbonyl (C=O) groups excluding carboxylic acids is 2. The van der Waals surface area contributed by atoms with Crippen LogP contribution in [0, 0.1) is 0 Å². The third-order valence-electron chi connectivity index (χ3n) is 4.17. The van der Waals surface area contributed by atoms with E-state index in [2.05, 4.69) is 32.3 Å². The van der Waals surface area contributed by atoms with Gasteiger partial charge in [0.15, 0.2) is 0 Å². The van der Waals surface area contributed by atoms with E-state index < -0.39 is 18.4 Å². The van der Waals surface area contributed by atoms with Crippen LogP contribution < -0.4 is 8.90 Å². The maximum atomic E-state index is 12.5. The zero-order valence-electron chi connectivity index (χ0n) is 13.3. The molecular formula is C18H19NO2Sn. The fourth-order valence-corrected chi connectivity index (χ4v) is 6.14. The first-order valence-corrected chi connectivity index (χ1v) is 17.4. The molecule has 0 saturated carbocycles. The first-order valence-electron chi connectivity index (χ1n) is 7.38. The van der Waals surface area contributed by atoms with Gasteiger partial charge in [-0.05, 0) is 0 Å². The van der Waals surface area contributed by atoms with Crippen LogP contribution in [0.4, 0.5) is 0 Å². The van der Waals surface area contributed by atoms with Crippen molar-refractivity contribution in [1.29, 1.82) is 0 Å². The van der Waals surface area contributed by atoms with Gasteiger partial charge in [0.25, 0.3) is 0 Å². The zero-order chi connectivity index (χ0) is 16.1. The molecule has 22 heavy (non-hydrogen) atoms. The van der Waals surface area contributed by atoms with Crippen molar-refractivity contribution in [3.63, 3.8) is 0 Å². The van der Waals surface area contributed by atoms with Crippen molar-refractivity contribution in [2.75, 3.05) is 7.05 Å². The van der Waals surface area contributed by atoms with Gasteiger partial charge in [0, 0.05) is 0 Å². The molecule has 2 aromatic rings. The van der Waals surface area contributed by atoms with Gasteiger partial charge in [0.1, 0.15) is 0 Å². The summed E-state index contributed by atoms with van der Waals surface area (Å²) in [6.45, 7) is 0. The molecule has 2 aromatic carbocycles. The molecule has 0 aromatic heterocycles. The number of nitrogens with one attached hydrogen (secondary N) is 1. The van der Waals surface area contributed by atoms with E-state index in [0.29, 0.717) is 11.1 Å². The summed E-state index contributed by atoms with van der Waals surface area (Å²) in [5.41, 5.74) is 3.91. The number of fused-ring (bicyclic) bond motifs is 3. The van der Waals surface area contributed by atoms with Crippen molar-refractivity contribution in [2.24, 2.45) is 0 Å². The van der Waals surface area contributed by atoms with Crippen LogP contribution in [0.15, 0.2) is 36.4 Å². The minimum atomic E-state index is -2.20. The van der Waals surface area contributed by atoms with E-state index in [0.717, 1.165) is 16.7 Å². The van der Waals surface area contributed by atoms with E-state index in [9.17, 15) is 9.59 Å². The Morgan fingerprint density at radius 3 is 2.09 bits per heavy atom. The fraction of sp³-hybridized carbons (Fsp3) is 0.222. The van der Waals surface area contributed by atoms with Gasteiger partial charge >= 0.3 is 135 Å². The molecule has 4 heteroatoms. The number of carbonyl (C=O) groups is 2. The van der Waals surface area contributed by atoms with E-state index in [1.54, 1.807) is 19.2 Å². The van der Waals surface area contributed by atoms with Gasteiger partial charge in [-0.15, -0.1) is 0 Å². The monoisotopic (exact) mass is 401 g/mol. The van der Waals surface area contributed by atoms with E-state index in [4.69, 9.17) is 0 Å². The summed E-state index contributed by atoms with van der Waals surface area (Å²) in [6.07, 6.45) is 0. The van der Waals surface area contributed by atoms with Crippen LogP contribution in [0.1, 0.15) is 26.3 Å². The molecule has 0 spiro atoms. The molecule has 1 N–H and O–H groups in total. The van der Waals surface area contributed by atoms with Crippen molar-refractivity contribution in [3.8, 4) is 11.1 Å².